The Kier molecular flexibility index (Phi) is 11.8. The first-order valence-electron chi connectivity index (χ1n) is 16.9. The molecule has 11 heteroatoms. The number of carbonyl (C=O) groups is 4. The van der Waals surface area contributed by atoms with Crippen molar-refractivity contribution < 1.29 is 28.7 Å². The smallest absolute Gasteiger partial charge is 0.325 e. The lowest BCUT2D eigenvalue weighted by molar-refractivity contribution is -0.157. The van der Waals surface area contributed by atoms with Crippen molar-refractivity contribution in [2.45, 2.75) is 97.8 Å². The van der Waals surface area contributed by atoms with Gasteiger partial charge in [-0.2, -0.15) is 0 Å². The third-order valence-corrected chi connectivity index (χ3v) is 10.8. The van der Waals surface area contributed by atoms with Gasteiger partial charge in [-0.25, -0.2) is 10.4 Å². The number of hydrazine groups is 1. The van der Waals surface area contributed by atoms with Crippen LogP contribution in [-0.4, -0.2) is 73.5 Å². The lowest BCUT2D eigenvalue weighted by atomic mass is 9.78. The summed E-state index contributed by atoms with van der Waals surface area (Å²) in [4.78, 5) is 59.1. The van der Waals surface area contributed by atoms with Crippen molar-refractivity contribution in [3.63, 3.8) is 0 Å². The maximum absolute atomic E-state index is 14.1. The minimum Gasteiger partial charge on any atom is -0.455 e. The largest absolute Gasteiger partial charge is 0.455 e. The molecular formula is C36H52N4O6Si. The van der Waals surface area contributed by atoms with Gasteiger partial charge in [0.05, 0.1) is 23.2 Å². The summed E-state index contributed by atoms with van der Waals surface area (Å²) in [6.45, 7) is 17.1. The zero-order valence-corrected chi connectivity index (χ0v) is 30.2. The van der Waals surface area contributed by atoms with Gasteiger partial charge in [-0.3, -0.25) is 24.2 Å². The van der Waals surface area contributed by atoms with Crippen LogP contribution < -0.4 is 10.7 Å². The topological polar surface area (TPSA) is 127 Å². The molecule has 0 saturated carbocycles. The summed E-state index contributed by atoms with van der Waals surface area (Å²) >= 11 is 0. The van der Waals surface area contributed by atoms with Crippen molar-refractivity contribution in [3.05, 3.63) is 47.7 Å². The first kappa shape index (κ1) is 36.4. The number of fused-ring (bicyclic) bond motifs is 4. The summed E-state index contributed by atoms with van der Waals surface area (Å²) in [6.07, 6.45) is 4.27. The third kappa shape index (κ3) is 9.58. The van der Waals surface area contributed by atoms with Crippen LogP contribution in [0, 0.1) is 17.3 Å². The Labute approximate surface area is 280 Å². The van der Waals surface area contributed by atoms with E-state index in [-0.39, 0.29) is 36.5 Å². The van der Waals surface area contributed by atoms with Gasteiger partial charge >= 0.3 is 5.97 Å². The monoisotopic (exact) mass is 664 g/mol. The van der Waals surface area contributed by atoms with Crippen LogP contribution in [-0.2, 0) is 28.7 Å². The van der Waals surface area contributed by atoms with Crippen molar-refractivity contribution in [1.82, 2.24) is 20.7 Å². The normalized spacial score (nSPS) is 27.6. The van der Waals surface area contributed by atoms with Crippen molar-refractivity contribution >= 4 is 48.6 Å². The number of ketones is 1. The van der Waals surface area contributed by atoms with Crippen molar-refractivity contribution in [2.24, 2.45) is 17.3 Å². The van der Waals surface area contributed by atoms with Gasteiger partial charge in [0, 0.05) is 39.0 Å². The molecule has 0 radical (unpaired) electrons. The molecule has 2 aliphatic heterocycles. The van der Waals surface area contributed by atoms with Crippen molar-refractivity contribution in [1.29, 1.82) is 0 Å². The van der Waals surface area contributed by atoms with Crippen LogP contribution in [0.5, 0.6) is 0 Å². The fourth-order valence-electron chi connectivity index (χ4n) is 5.76. The van der Waals surface area contributed by atoms with Crippen LogP contribution in [0.15, 0.2) is 36.4 Å². The summed E-state index contributed by atoms with van der Waals surface area (Å²) in [5, 5.41) is 5.16. The molecule has 3 heterocycles. The summed E-state index contributed by atoms with van der Waals surface area (Å²) < 4.78 is 11.9. The molecular weight excluding hydrogens is 613 g/mol. The molecule has 2 aromatic rings. The highest BCUT2D eigenvalue weighted by atomic mass is 28.3. The Balaban J connectivity index is 1.72. The SMILES string of the molecule is CC(C)[C@@H]1CC(=O)[C@@](C)(COCC[Si](C)(C)C)/C=C/c2ccc3ccc(nc3c2)[C@@H](C)OC(=O)[C@@H]2CCCN(N2)C(=O)[C@H](C)NC1=O. The molecule has 0 spiro atoms. The standard InChI is InChI=1S/C36H52N4O6Si/c1-23(2)28-21-32(41)36(5,22-45-18-19-47(6,7)8)16-15-26-11-12-27-13-14-29(38-31(27)20-26)25(4)46-35(44)30-10-9-17-40(39-30)34(43)24(3)37-33(28)42/h11-16,20,23-25,28,30,39H,9-10,17-19,21-22H2,1-8H3,(H,37,42)/b16-15+/t24-,25+,28-,30-,36+/m0/s1. The number of nitrogens with one attached hydrogen (secondary N) is 2. The molecule has 0 unspecified atom stereocenters. The molecule has 5 bridgehead atoms. The van der Waals surface area contributed by atoms with Crippen LogP contribution in [0.2, 0.25) is 25.7 Å². The number of hydrogen-bond acceptors (Lipinski definition) is 8. The quantitative estimate of drug-likeness (QED) is 0.237. The van der Waals surface area contributed by atoms with Crippen LogP contribution in [0.25, 0.3) is 17.0 Å². The summed E-state index contributed by atoms with van der Waals surface area (Å²) in [5.41, 5.74) is 4.21. The number of Topliss-reactive ketones (excluding diaryl/α,β-unsaturated/α-hetero) is 1. The number of pyridine rings is 1. The fraction of sp³-hybridized carbons (Fsp3) is 0.583. The molecule has 1 saturated heterocycles. The molecule has 1 aromatic heterocycles. The van der Waals surface area contributed by atoms with Gasteiger partial charge in [-0.05, 0) is 63.3 Å². The Morgan fingerprint density at radius 1 is 1.11 bits per heavy atom. The number of rotatable bonds is 6. The van der Waals surface area contributed by atoms with E-state index in [0.717, 1.165) is 22.5 Å². The van der Waals surface area contributed by atoms with Gasteiger partial charge in [-0.1, -0.05) is 63.8 Å². The second-order valence-corrected chi connectivity index (χ2v) is 20.5. The van der Waals surface area contributed by atoms with E-state index in [1.807, 2.05) is 63.3 Å². The van der Waals surface area contributed by atoms with Crippen LogP contribution in [0.3, 0.4) is 0 Å². The van der Waals surface area contributed by atoms with Gasteiger partial charge in [0.15, 0.2) is 0 Å². The van der Waals surface area contributed by atoms with Gasteiger partial charge in [0.2, 0.25) is 5.91 Å². The third-order valence-electron chi connectivity index (χ3n) is 9.14. The highest BCUT2D eigenvalue weighted by molar-refractivity contribution is 6.76. The average Bonchev–Trinajstić information content (AvgIpc) is 3.02. The molecule has 10 nitrogen and oxygen atoms in total. The molecule has 256 valence electrons. The number of hydrogen-bond donors (Lipinski definition) is 2. The fourth-order valence-corrected chi connectivity index (χ4v) is 6.51. The number of carbonyl (C=O) groups excluding carboxylic acids is 4. The first-order valence-corrected chi connectivity index (χ1v) is 20.6. The predicted molar refractivity (Wildman–Crippen MR) is 186 cm³/mol. The molecule has 47 heavy (non-hydrogen) atoms. The maximum atomic E-state index is 14.1. The molecule has 4 rings (SSSR count). The zero-order chi connectivity index (χ0) is 34.5. The number of aromatic nitrogens is 1. The van der Waals surface area contributed by atoms with Gasteiger partial charge < -0.3 is 14.8 Å². The Hall–Kier alpha value is -3.41. The average molecular weight is 665 g/mol. The van der Waals surface area contributed by atoms with Gasteiger partial charge in [0.1, 0.15) is 24.0 Å². The molecule has 1 aromatic carbocycles. The highest BCUT2D eigenvalue weighted by Gasteiger charge is 2.37. The van der Waals surface area contributed by atoms with Crippen LogP contribution >= 0.6 is 0 Å². The number of esters is 1. The molecule has 1 fully saturated rings. The Bertz CT molecular complexity index is 1500. The Morgan fingerprint density at radius 3 is 2.53 bits per heavy atom. The first-order chi connectivity index (χ1) is 22.1. The van der Waals surface area contributed by atoms with Crippen molar-refractivity contribution in [2.75, 3.05) is 19.8 Å². The van der Waals surface area contributed by atoms with Crippen molar-refractivity contribution in [3.8, 4) is 0 Å². The Morgan fingerprint density at radius 2 is 1.83 bits per heavy atom. The molecule has 2 amide bonds. The summed E-state index contributed by atoms with van der Waals surface area (Å²) in [5.74, 6) is -2.10. The second-order valence-electron chi connectivity index (χ2n) is 14.9. The number of amides is 2. The van der Waals surface area contributed by atoms with E-state index >= 15 is 0 Å². The molecule has 0 aliphatic carbocycles. The summed E-state index contributed by atoms with van der Waals surface area (Å²) in [7, 11) is -1.34. The lowest BCUT2D eigenvalue weighted by Gasteiger charge is -2.35. The number of ether oxygens (including phenoxy) is 2. The lowest BCUT2D eigenvalue weighted by Crippen LogP contribution is -2.59. The maximum Gasteiger partial charge on any atom is 0.325 e. The van der Waals surface area contributed by atoms with E-state index in [1.54, 1.807) is 13.8 Å². The van der Waals surface area contributed by atoms with Gasteiger partial charge in [-0.15, -0.1) is 0 Å². The minimum absolute atomic E-state index is 0.000958. The van der Waals surface area contributed by atoms with E-state index in [0.29, 0.717) is 31.7 Å². The van der Waals surface area contributed by atoms with E-state index in [4.69, 9.17) is 14.5 Å². The zero-order valence-electron chi connectivity index (χ0n) is 29.2. The summed E-state index contributed by atoms with van der Waals surface area (Å²) in [6, 6.07) is 9.08. The van der Waals surface area contributed by atoms with E-state index in [9.17, 15) is 19.2 Å². The molecule has 2 N–H and O–H groups in total. The van der Waals surface area contributed by atoms with Crippen LogP contribution in [0.1, 0.15) is 71.2 Å². The number of cyclic esters (lactones) is 1. The highest BCUT2D eigenvalue weighted by Crippen LogP contribution is 2.30. The van der Waals surface area contributed by atoms with E-state index < -0.39 is 43.6 Å². The predicted octanol–water partition coefficient (Wildman–Crippen LogP) is 5.46. The minimum atomic E-state index is -1.34. The number of nitrogens with zero attached hydrogens (tertiary/aromatic N) is 2. The molecule has 2 aliphatic rings. The molecule has 5 atom stereocenters. The van der Waals surface area contributed by atoms with E-state index in [1.165, 1.54) is 5.01 Å². The van der Waals surface area contributed by atoms with Crippen LogP contribution in [0.4, 0.5) is 0 Å². The second kappa shape index (κ2) is 15.2. The number of benzene rings is 1. The van der Waals surface area contributed by atoms with Gasteiger partial charge in [0.25, 0.3) is 5.91 Å². The van der Waals surface area contributed by atoms with E-state index in [2.05, 4.69) is 30.4 Å².